The summed E-state index contributed by atoms with van der Waals surface area (Å²) in [4.78, 5) is 0. The minimum atomic E-state index is -7.89. The van der Waals surface area contributed by atoms with Crippen LogP contribution in [0.1, 0.15) is 12.8 Å². The number of alkyl halides is 13. The fraction of sp³-hybridized carbons (Fsp3) is 0.818. The Bertz CT molecular complexity index is 523. The van der Waals surface area contributed by atoms with E-state index < -0.39 is 58.5 Å². The Morgan fingerprint density at radius 3 is 1.42 bits per heavy atom. The molecule has 0 saturated heterocycles. The molecule has 0 aromatic heterocycles. The van der Waals surface area contributed by atoms with Gasteiger partial charge in [-0.2, -0.15) is 57.1 Å². The summed E-state index contributed by atoms with van der Waals surface area (Å²) in [5, 5.41) is 8.40. The van der Waals surface area contributed by atoms with Gasteiger partial charge in [-0.1, -0.05) is 0 Å². The quantitative estimate of drug-likeness (QED) is 0.310. The lowest BCUT2D eigenvalue weighted by Gasteiger charge is -2.39. The molecule has 0 aromatic carbocycles. The van der Waals surface area contributed by atoms with Gasteiger partial charge in [0.25, 0.3) is 0 Å². The summed E-state index contributed by atoms with van der Waals surface area (Å²) in [5.74, 6) is -36.9. The largest absolute Gasteiger partial charge is 0.460 e. The van der Waals surface area contributed by atoms with E-state index in [1.54, 1.807) is 0 Å². The van der Waals surface area contributed by atoms with Crippen LogP contribution in [0.4, 0.5) is 57.1 Å². The SMILES string of the molecule is OCCCC(I)=CC(F)(F)C(F)(F)C(F)(F)C(F)(F)C(F)(F)C(F)(F)F. The topological polar surface area (TPSA) is 20.2 Å². The van der Waals surface area contributed by atoms with Crippen LogP contribution in [-0.2, 0) is 0 Å². The molecule has 0 spiro atoms. The van der Waals surface area contributed by atoms with Gasteiger partial charge in [-0.3, -0.25) is 0 Å². The van der Waals surface area contributed by atoms with E-state index in [9.17, 15) is 57.1 Å². The molecule has 0 saturated carbocycles. The maximum Gasteiger partial charge on any atom is 0.460 e. The second kappa shape index (κ2) is 7.50. The maximum atomic E-state index is 13.4. The minimum Gasteiger partial charge on any atom is -0.396 e. The second-order valence-electron chi connectivity index (χ2n) is 4.84. The van der Waals surface area contributed by atoms with Gasteiger partial charge in [0.05, 0.1) is 0 Å². The molecular weight excluding hydrogens is 522 g/mol. The zero-order chi connectivity index (χ0) is 21.4. The number of aliphatic hydroxyl groups excluding tert-OH is 1. The van der Waals surface area contributed by atoms with Gasteiger partial charge in [0.2, 0.25) is 0 Å². The van der Waals surface area contributed by atoms with E-state index >= 15 is 0 Å². The van der Waals surface area contributed by atoms with E-state index in [0.29, 0.717) is 0 Å². The molecule has 0 aliphatic rings. The van der Waals surface area contributed by atoms with Crippen molar-refractivity contribution in [2.75, 3.05) is 6.61 Å². The van der Waals surface area contributed by atoms with Gasteiger partial charge in [0.15, 0.2) is 0 Å². The molecule has 0 unspecified atom stereocenters. The second-order valence-corrected chi connectivity index (χ2v) is 6.22. The lowest BCUT2D eigenvalue weighted by Crippen LogP contribution is -2.69. The van der Waals surface area contributed by atoms with Crippen molar-refractivity contribution in [3.05, 3.63) is 9.66 Å². The summed E-state index contributed by atoms with van der Waals surface area (Å²) in [5.41, 5.74) is 0. The fourth-order valence-electron chi connectivity index (χ4n) is 1.39. The summed E-state index contributed by atoms with van der Waals surface area (Å²) >= 11 is 0.884. The van der Waals surface area contributed by atoms with Crippen molar-refractivity contribution in [3.63, 3.8) is 0 Å². The molecule has 156 valence electrons. The van der Waals surface area contributed by atoms with E-state index in [1.165, 1.54) is 0 Å². The van der Waals surface area contributed by atoms with Crippen molar-refractivity contribution in [1.82, 2.24) is 0 Å². The molecule has 0 heterocycles. The monoisotopic (exact) mass is 530 g/mol. The molecule has 1 N–H and O–H groups in total. The van der Waals surface area contributed by atoms with Gasteiger partial charge in [0.1, 0.15) is 0 Å². The van der Waals surface area contributed by atoms with E-state index in [0.717, 1.165) is 22.6 Å². The van der Waals surface area contributed by atoms with Crippen LogP contribution in [0.2, 0.25) is 0 Å². The Morgan fingerprint density at radius 2 is 1.08 bits per heavy atom. The van der Waals surface area contributed by atoms with Gasteiger partial charge >= 0.3 is 35.8 Å². The Kier molecular flexibility index (Phi) is 7.36. The number of hydrogen-bond donors (Lipinski definition) is 1. The first-order chi connectivity index (χ1) is 11.2. The highest BCUT2D eigenvalue weighted by molar-refractivity contribution is 14.1. The van der Waals surface area contributed by atoms with Gasteiger partial charge in [-0.05, 0) is 39.0 Å². The molecule has 0 fully saturated rings. The van der Waals surface area contributed by atoms with Crippen molar-refractivity contribution >= 4 is 22.6 Å². The third-order valence-electron chi connectivity index (χ3n) is 2.87. The first-order valence-electron chi connectivity index (χ1n) is 6.14. The summed E-state index contributed by atoms with van der Waals surface area (Å²) < 4.78 is 165. The third kappa shape index (κ3) is 4.16. The maximum absolute atomic E-state index is 13.4. The zero-order valence-electron chi connectivity index (χ0n) is 11.9. The zero-order valence-corrected chi connectivity index (χ0v) is 14.1. The lowest BCUT2D eigenvalue weighted by atomic mass is 9.93. The highest BCUT2D eigenvalue weighted by Gasteiger charge is 2.90. The van der Waals surface area contributed by atoms with Crippen LogP contribution in [0.15, 0.2) is 9.66 Å². The average molecular weight is 530 g/mol. The van der Waals surface area contributed by atoms with Gasteiger partial charge in [-0.25, -0.2) is 0 Å². The van der Waals surface area contributed by atoms with Crippen molar-refractivity contribution in [1.29, 1.82) is 0 Å². The smallest absolute Gasteiger partial charge is 0.396 e. The Labute approximate surface area is 150 Å². The Morgan fingerprint density at radius 1 is 0.692 bits per heavy atom. The van der Waals surface area contributed by atoms with Crippen molar-refractivity contribution < 1.29 is 62.2 Å². The van der Waals surface area contributed by atoms with E-state index in [4.69, 9.17) is 5.11 Å². The van der Waals surface area contributed by atoms with Crippen LogP contribution in [0, 0.1) is 0 Å². The highest BCUT2D eigenvalue weighted by Crippen LogP contribution is 2.60. The summed E-state index contributed by atoms with van der Waals surface area (Å²) in [6.45, 7) is -0.658. The number of hydrogen-bond acceptors (Lipinski definition) is 1. The molecule has 0 aliphatic heterocycles. The van der Waals surface area contributed by atoms with Crippen molar-refractivity contribution in [2.24, 2.45) is 0 Å². The number of halogens is 14. The van der Waals surface area contributed by atoms with Crippen LogP contribution in [-0.4, -0.2) is 47.5 Å². The molecule has 1 nitrogen and oxygen atoms in total. The van der Waals surface area contributed by atoms with Crippen molar-refractivity contribution in [2.45, 2.75) is 48.6 Å². The normalized spacial score (nSPS) is 16.2. The average Bonchev–Trinajstić information content (AvgIpc) is 2.42. The van der Waals surface area contributed by atoms with Crippen LogP contribution in [0.25, 0.3) is 0 Å². The predicted molar refractivity (Wildman–Crippen MR) is 69.2 cm³/mol. The highest BCUT2D eigenvalue weighted by atomic mass is 127. The number of allylic oxidation sites excluding steroid dienone is 2. The van der Waals surface area contributed by atoms with Crippen molar-refractivity contribution in [3.8, 4) is 0 Å². The lowest BCUT2D eigenvalue weighted by molar-refractivity contribution is -0.436. The Hall–Kier alpha value is -0.480. The summed E-state index contributed by atoms with van der Waals surface area (Å²) in [6, 6.07) is 0. The summed E-state index contributed by atoms with van der Waals surface area (Å²) in [7, 11) is 0. The standard InChI is InChI=1S/C11H8F13IO/c12-6(13,4-5(25)2-1-3-26)7(14,15)8(16,17)9(18,19)10(20,21)11(22,23)24/h4,26H,1-3H2. The molecule has 15 heteroatoms. The van der Waals surface area contributed by atoms with E-state index in [1.807, 2.05) is 0 Å². The van der Waals surface area contributed by atoms with Crippen LogP contribution in [0.3, 0.4) is 0 Å². The molecule has 0 atom stereocenters. The molecule has 26 heavy (non-hydrogen) atoms. The molecular formula is C11H8F13IO. The molecule has 0 aromatic rings. The minimum absolute atomic E-state index is 0.338. The first-order valence-corrected chi connectivity index (χ1v) is 7.22. The number of rotatable bonds is 8. The van der Waals surface area contributed by atoms with Crippen LogP contribution < -0.4 is 0 Å². The predicted octanol–water partition coefficient (Wildman–Crippen LogP) is 5.82. The molecule has 0 aliphatic carbocycles. The van der Waals surface area contributed by atoms with Crippen LogP contribution in [0.5, 0.6) is 0 Å². The van der Waals surface area contributed by atoms with E-state index in [2.05, 4.69) is 0 Å². The third-order valence-corrected chi connectivity index (χ3v) is 3.72. The van der Waals surface area contributed by atoms with Gasteiger partial charge in [-0.15, -0.1) is 0 Å². The molecule has 0 radical (unpaired) electrons. The van der Waals surface area contributed by atoms with Crippen LogP contribution >= 0.6 is 22.6 Å². The Balaban J connectivity index is 6.16. The first kappa shape index (κ1) is 25.5. The molecule has 0 amide bonds. The van der Waals surface area contributed by atoms with Gasteiger partial charge in [0, 0.05) is 12.7 Å². The number of aliphatic hydroxyl groups is 1. The fourth-order valence-corrected chi connectivity index (χ4v) is 2.16. The van der Waals surface area contributed by atoms with E-state index in [-0.39, 0.29) is 6.42 Å². The molecule has 0 bridgehead atoms. The summed E-state index contributed by atoms with van der Waals surface area (Å²) in [6.07, 6.45) is -9.34. The molecule has 0 rings (SSSR count). The van der Waals surface area contributed by atoms with Gasteiger partial charge < -0.3 is 5.11 Å².